The van der Waals surface area contributed by atoms with Crippen LogP contribution in [0.1, 0.15) is 24.8 Å². The Hall–Kier alpha value is -1.69. The maximum Gasteiger partial charge on any atom is 0.295 e. The van der Waals surface area contributed by atoms with Gasteiger partial charge >= 0.3 is 0 Å². The number of hydrogen-bond donors (Lipinski definition) is 1. The van der Waals surface area contributed by atoms with Gasteiger partial charge in [0, 0.05) is 0 Å². The summed E-state index contributed by atoms with van der Waals surface area (Å²) in [7, 11) is 0. The number of benzene rings is 1. The van der Waals surface area contributed by atoms with Gasteiger partial charge in [0.25, 0.3) is 5.69 Å². The number of nitro benzene ring substituents is 1. The zero-order chi connectivity index (χ0) is 13.6. The molecule has 2 saturated heterocycles. The largest absolute Gasteiger partial charge is 0.374 e. The van der Waals surface area contributed by atoms with Crippen LogP contribution >= 0.6 is 0 Å². The molecule has 102 valence electrons. The molecular weight excluding hydrogens is 251 g/mol. The molecule has 0 saturated carbocycles. The van der Waals surface area contributed by atoms with Crippen LogP contribution in [0.4, 0.5) is 15.8 Å². The van der Waals surface area contributed by atoms with Gasteiger partial charge in [-0.1, -0.05) is 0 Å². The molecule has 2 heterocycles. The van der Waals surface area contributed by atoms with Crippen molar-refractivity contribution in [3.63, 3.8) is 0 Å². The van der Waals surface area contributed by atoms with Gasteiger partial charge in [-0.15, -0.1) is 0 Å². The summed E-state index contributed by atoms with van der Waals surface area (Å²) in [5.41, 5.74) is 0.563. The van der Waals surface area contributed by atoms with Gasteiger partial charge in [-0.05, 0) is 37.8 Å². The lowest BCUT2D eigenvalue weighted by atomic mass is 9.95. The van der Waals surface area contributed by atoms with Crippen LogP contribution in [0.2, 0.25) is 0 Å². The van der Waals surface area contributed by atoms with Crippen molar-refractivity contribution >= 4 is 11.4 Å². The number of nitrogens with one attached hydrogen (secondary N) is 1. The Morgan fingerprint density at radius 1 is 1.47 bits per heavy atom. The minimum absolute atomic E-state index is 0.0855. The highest BCUT2D eigenvalue weighted by molar-refractivity contribution is 5.63. The summed E-state index contributed by atoms with van der Waals surface area (Å²) in [5, 5.41) is 14.1. The fraction of sp³-hybridized carbons (Fsp3) is 0.538. The first-order chi connectivity index (χ1) is 9.04. The minimum Gasteiger partial charge on any atom is -0.374 e. The van der Waals surface area contributed by atoms with Gasteiger partial charge in [-0.25, -0.2) is 4.39 Å². The third kappa shape index (κ3) is 2.16. The summed E-state index contributed by atoms with van der Waals surface area (Å²) in [5.74, 6) is -0.554. The Bertz CT molecular complexity index is 535. The molecule has 5 nitrogen and oxygen atoms in total. The summed E-state index contributed by atoms with van der Waals surface area (Å²) in [6.45, 7) is 1.60. The van der Waals surface area contributed by atoms with Gasteiger partial charge < -0.3 is 10.1 Å². The molecule has 0 aliphatic carbocycles. The molecule has 0 spiro atoms. The summed E-state index contributed by atoms with van der Waals surface area (Å²) in [6, 6.07) is 2.56. The highest BCUT2D eigenvalue weighted by atomic mass is 19.1. The lowest BCUT2D eigenvalue weighted by molar-refractivity contribution is -0.384. The van der Waals surface area contributed by atoms with E-state index in [2.05, 4.69) is 5.32 Å². The number of hydrogen-bond acceptors (Lipinski definition) is 4. The second-order valence-corrected chi connectivity index (χ2v) is 5.24. The molecule has 2 bridgehead atoms. The Kier molecular flexibility index (Phi) is 2.89. The van der Waals surface area contributed by atoms with E-state index >= 15 is 0 Å². The summed E-state index contributed by atoms with van der Waals surface area (Å²) >= 11 is 0. The van der Waals surface area contributed by atoms with Crippen molar-refractivity contribution < 1.29 is 14.1 Å². The Labute approximate surface area is 109 Å². The van der Waals surface area contributed by atoms with Crippen LogP contribution < -0.4 is 5.32 Å². The van der Waals surface area contributed by atoms with Crippen molar-refractivity contribution in [2.75, 3.05) is 5.32 Å². The van der Waals surface area contributed by atoms with Crippen molar-refractivity contribution in [2.24, 2.45) is 0 Å². The molecule has 2 aliphatic heterocycles. The molecular formula is C13H15FN2O3. The Balaban J connectivity index is 1.87. The van der Waals surface area contributed by atoms with E-state index in [4.69, 9.17) is 4.74 Å². The zero-order valence-electron chi connectivity index (χ0n) is 10.6. The van der Waals surface area contributed by atoms with E-state index in [9.17, 15) is 14.5 Å². The van der Waals surface area contributed by atoms with E-state index in [-0.39, 0.29) is 23.9 Å². The fourth-order valence-corrected chi connectivity index (χ4v) is 2.93. The van der Waals surface area contributed by atoms with Crippen molar-refractivity contribution in [3.05, 3.63) is 33.6 Å². The van der Waals surface area contributed by atoms with E-state index in [1.54, 1.807) is 6.92 Å². The number of ether oxygens (including phenoxy) is 1. The summed E-state index contributed by atoms with van der Waals surface area (Å²) in [6.07, 6.45) is 3.29. The normalized spacial score (nSPS) is 28.6. The van der Waals surface area contributed by atoms with Gasteiger partial charge in [0.15, 0.2) is 0 Å². The number of halogens is 1. The predicted octanol–water partition coefficient (Wildman–Crippen LogP) is 2.77. The SMILES string of the molecule is Cc1cc(NC2CC3CCC2O3)c([N+](=O)[O-])cc1F. The van der Waals surface area contributed by atoms with Crippen molar-refractivity contribution in [3.8, 4) is 0 Å². The third-order valence-corrected chi connectivity index (χ3v) is 3.92. The van der Waals surface area contributed by atoms with E-state index in [0.29, 0.717) is 11.3 Å². The molecule has 3 unspecified atom stereocenters. The monoisotopic (exact) mass is 266 g/mol. The fourth-order valence-electron chi connectivity index (χ4n) is 2.93. The molecule has 0 aromatic heterocycles. The lowest BCUT2D eigenvalue weighted by Gasteiger charge is -2.21. The average molecular weight is 266 g/mol. The predicted molar refractivity (Wildman–Crippen MR) is 67.7 cm³/mol. The van der Waals surface area contributed by atoms with Gasteiger partial charge in [0.05, 0.1) is 29.2 Å². The van der Waals surface area contributed by atoms with Gasteiger partial charge in [-0.3, -0.25) is 10.1 Å². The van der Waals surface area contributed by atoms with Crippen LogP contribution in [0.15, 0.2) is 12.1 Å². The molecule has 3 atom stereocenters. The van der Waals surface area contributed by atoms with Crippen LogP contribution in [0.3, 0.4) is 0 Å². The average Bonchev–Trinajstić information content (AvgIpc) is 2.95. The highest BCUT2D eigenvalue weighted by Gasteiger charge is 2.41. The van der Waals surface area contributed by atoms with Crippen molar-refractivity contribution in [2.45, 2.75) is 44.4 Å². The van der Waals surface area contributed by atoms with Gasteiger partial charge in [-0.2, -0.15) is 0 Å². The van der Waals surface area contributed by atoms with Crippen LogP contribution in [0, 0.1) is 22.9 Å². The number of nitro groups is 1. The molecule has 1 aromatic carbocycles. The first-order valence-corrected chi connectivity index (χ1v) is 6.41. The van der Waals surface area contributed by atoms with Crippen LogP contribution in [0.25, 0.3) is 0 Å². The molecule has 2 fully saturated rings. The van der Waals surface area contributed by atoms with Crippen LogP contribution in [-0.2, 0) is 4.74 Å². The zero-order valence-corrected chi connectivity index (χ0v) is 10.6. The number of aryl methyl sites for hydroxylation is 1. The minimum atomic E-state index is -0.557. The van der Waals surface area contributed by atoms with Crippen LogP contribution in [-0.4, -0.2) is 23.2 Å². The highest BCUT2D eigenvalue weighted by Crippen LogP contribution is 2.37. The quantitative estimate of drug-likeness (QED) is 0.675. The Morgan fingerprint density at radius 3 is 2.84 bits per heavy atom. The van der Waals surface area contributed by atoms with Crippen molar-refractivity contribution in [1.29, 1.82) is 0 Å². The van der Waals surface area contributed by atoms with E-state index < -0.39 is 10.7 Å². The number of anilines is 1. The maximum atomic E-state index is 13.4. The maximum absolute atomic E-state index is 13.4. The molecule has 6 heteroatoms. The standard InChI is InChI=1S/C13H15FN2O3/c1-7-4-10(12(16(17)18)6-9(7)14)15-11-5-8-2-3-13(11)19-8/h4,6,8,11,13,15H,2-3,5H2,1H3. The number of fused-ring (bicyclic) bond motifs is 2. The lowest BCUT2D eigenvalue weighted by Crippen LogP contribution is -2.30. The van der Waals surface area contributed by atoms with E-state index in [1.807, 2.05) is 0 Å². The molecule has 1 N–H and O–H groups in total. The topological polar surface area (TPSA) is 64.4 Å². The van der Waals surface area contributed by atoms with Gasteiger partial charge in [0.2, 0.25) is 0 Å². The van der Waals surface area contributed by atoms with E-state index in [0.717, 1.165) is 25.3 Å². The van der Waals surface area contributed by atoms with Crippen LogP contribution in [0.5, 0.6) is 0 Å². The Morgan fingerprint density at radius 2 is 2.26 bits per heavy atom. The van der Waals surface area contributed by atoms with Gasteiger partial charge in [0.1, 0.15) is 11.5 Å². The second-order valence-electron chi connectivity index (χ2n) is 5.24. The third-order valence-electron chi connectivity index (χ3n) is 3.92. The second kappa shape index (κ2) is 4.45. The first kappa shape index (κ1) is 12.3. The molecule has 0 amide bonds. The molecule has 1 aromatic rings. The molecule has 0 radical (unpaired) electrons. The van der Waals surface area contributed by atoms with E-state index in [1.165, 1.54) is 6.07 Å². The molecule has 3 rings (SSSR count). The smallest absolute Gasteiger partial charge is 0.295 e. The summed E-state index contributed by atoms with van der Waals surface area (Å²) < 4.78 is 19.1. The number of nitrogens with zero attached hydrogens (tertiary/aromatic N) is 1. The van der Waals surface area contributed by atoms with Crippen molar-refractivity contribution in [1.82, 2.24) is 0 Å². The molecule has 2 aliphatic rings. The number of rotatable bonds is 3. The first-order valence-electron chi connectivity index (χ1n) is 6.41. The summed E-state index contributed by atoms with van der Waals surface area (Å²) in [4.78, 5) is 10.4. The molecule has 19 heavy (non-hydrogen) atoms.